The van der Waals surface area contributed by atoms with Gasteiger partial charge < -0.3 is 10.0 Å². The summed E-state index contributed by atoms with van der Waals surface area (Å²) in [5.41, 5.74) is 2.21. The minimum absolute atomic E-state index is 0.00141. The number of amides is 1. The molecule has 0 atom stereocenters. The summed E-state index contributed by atoms with van der Waals surface area (Å²) in [6.45, 7) is 4.41. The van der Waals surface area contributed by atoms with E-state index in [0.29, 0.717) is 6.54 Å². The third kappa shape index (κ3) is 2.98. The van der Waals surface area contributed by atoms with Crippen LogP contribution in [0.15, 0.2) is 18.2 Å². The zero-order chi connectivity index (χ0) is 14.0. The molecule has 19 heavy (non-hydrogen) atoms. The van der Waals surface area contributed by atoms with Gasteiger partial charge in [0.05, 0.1) is 5.60 Å². The maximum absolute atomic E-state index is 12.5. The second-order valence-corrected chi connectivity index (χ2v) is 5.84. The van der Waals surface area contributed by atoms with Gasteiger partial charge in [0.1, 0.15) is 0 Å². The largest absolute Gasteiger partial charge is 0.388 e. The van der Waals surface area contributed by atoms with Gasteiger partial charge in [-0.3, -0.25) is 4.79 Å². The maximum Gasteiger partial charge on any atom is 0.253 e. The lowest BCUT2D eigenvalue weighted by Crippen LogP contribution is -2.42. The van der Waals surface area contributed by atoms with E-state index in [-0.39, 0.29) is 5.91 Å². The molecule has 1 aromatic rings. The number of carbonyl (C=O) groups is 1. The molecule has 1 aliphatic rings. The molecule has 1 aliphatic carbocycles. The summed E-state index contributed by atoms with van der Waals surface area (Å²) in [4.78, 5) is 14.1. The van der Waals surface area contributed by atoms with Gasteiger partial charge in [0.15, 0.2) is 0 Å². The van der Waals surface area contributed by atoms with Crippen LogP contribution >= 0.6 is 0 Å². The number of carbonyl (C=O) groups excluding carboxylic acids is 1. The zero-order valence-electron chi connectivity index (χ0n) is 12.1. The van der Waals surface area contributed by atoms with Gasteiger partial charge >= 0.3 is 0 Å². The van der Waals surface area contributed by atoms with E-state index >= 15 is 0 Å². The molecule has 2 rings (SSSR count). The monoisotopic (exact) mass is 261 g/mol. The Balaban J connectivity index is 2.12. The Morgan fingerprint density at radius 1 is 1.32 bits per heavy atom. The highest BCUT2D eigenvalue weighted by molar-refractivity contribution is 5.95. The number of aliphatic hydroxyl groups is 1. The molecular formula is C16H23NO2. The fraction of sp³-hybridized carbons (Fsp3) is 0.562. The van der Waals surface area contributed by atoms with Crippen molar-refractivity contribution in [2.75, 3.05) is 13.6 Å². The highest BCUT2D eigenvalue weighted by Crippen LogP contribution is 2.30. The maximum atomic E-state index is 12.5. The summed E-state index contributed by atoms with van der Waals surface area (Å²) in [5.74, 6) is 0.00141. The molecule has 1 aromatic carbocycles. The predicted molar refractivity (Wildman–Crippen MR) is 76.3 cm³/mol. The number of nitrogens with zero attached hydrogens (tertiary/aromatic N) is 1. The van der Waals surface area contributed by atoms with Crippen molar-refractivity contribution in [1.29, 1.82) is 0 Å². The van der Waals surface area contributed by atoms with Gasteiger partial charge in [-0.2, -0.15) is 0 Å². The third-order valence-corrected chi connectivity index (χ3v) is 4.25. The molecule has 0 spiro atoms. The van der Waals surface area contributed by atoms with Gasteiger partial charge in [0.2, 0.25) is 0 Å². The van der Waals surface area contributed by atoms with Crippen LogP contribution in [0.5, 0.6) is 0 Å². The van der Waals surface area contributed by atoms with Crippen LogP contribution in [0.3, 0.4) is 0 Å². The molecule has 1 amide bonds. The van der Waals surface area contributed by atoms with Crippen molar-refractivity contribution in [1.82, 2.24) is 4.90 Å². The SMILES string of the molecule is Cc1cccc(C(=O)N(C)CC2(O)CCCC2)c1C. The average molecular weight is 261 g/mol. The van der Waals surface area contributed by atoms with E-state index in [0.717, 1.165) is 42.4 Å². The first-order valence-corrected chi connectivity index (χ1v) is 6.97. The van der Waals surface area contributed by atoms with Crippen molar-refractivity contribution in [2.24, 2.45) is 0 Å². The summed E-state index contributed by atoms with van der Waals surface area (Å²) >= 11 is 0. The normalized spacial score (nSPS) is 17.5. The lowest BCUT2D eigenvalue weighted by atomic mass is 9.99. The molecular weight excluding hydrogens is 238 g/mol. The van der Waals surface area contributed by atoms with Crippen LogP contribution in [-0.4, -0.2) is 35.1 Å². The molecule has 3 heteroatoms. The molecule has 104 valence electrons. The summed E-state index contributed by atoms with van der Waals surface area (Å²) in [7, 11) is 1.78. The van der Waals surface area contributed by atoms with Crippen molar-refractivity contribution in [3.05, 3.63) is 34.9 Å². The topological polar surface area (TPSA) is 40.5 Å². The van der Waals surface area contributed by atoms with Crippen molar-refractivity contribution >= 4 is 5.91 Å². The van der Waals surface area contributed by atoms with Gasteiger partial charge in [0.25, 0.3) is 5.91 Å². The van der Waals surface area contributed by atoms with Crippen LogP contribution in [0.25, 0.3) is 0 Å². The number of likely N-dealkylation sites (N-methyl/N-ethyl adjacent to an activating group) is 1. The standard InChI is InChI=1S/C16H23NO2/c1-12-7-6-8-14(13(12)2)15(18)17(3)11-16(19)9-4-5-10-16/h6-8,19H,4-5,9-11H2,1-3H3. The first-order chi connectivity index (χ1) is 8.93. The lowest BCUT2D eigenvalue weighted by Gasteiger charge is -2.29. The summed E-state index contributed by atoms with van der Waals surface area (Å²) in [6.07, 6.45) is 3.72. The number of rotatable bonds is 3. The number of aryl methyl sites for hydroxylation is 1. The fourth-order valence-corrected chi connectivity index (χ4v) is 2.89. The molecule has 1 fully saturated rings. The van der Waals surface area contributed by atoms with Gasteiger partial charge in [-0.25, -0.2) is 0 Å². The number of hydrogen-bond acceptors (Lipinski definition) is 2. The molecule has 0 heterocycles. The summed E-state index contributed by atoms with van der Waals surface area (Å²) in [5, 5.41) is 10.4. The number of benzene rings is 1. The van der Waals surface area contributed by atoms with E-state index < -0.39 is 5.60 Å². The Labute approximate surface area is 115 Å². The minimum atomic E-state index is -0.678. The van der Waals surface area contributed by atoms with Crippen molar-refractivity contribution in [2.45, 2.75) is 45.1 Å². The predicted octanol–water partition coefficient (Wildman–Crippen LogP) is 2.68. The zero-order valence-corrected chi connectivity index (χ0v) is 12.1. The number of hydrogen-bond donors (Lipinski definition) is 1. The first kappa shape index (κ1) is 14.1. The highest BCUT2D eigenvalue weighted by Gasteiger charge is 2.33. The molecule has 0 aliphatic heterocycles. The van der Waals surface area contributed by atoms with Crippen molar-refractivity contribution in [3.63, 3.8) is 0 Å². The molecule has 3 nitrogen and oxygen atoms in total. The Morgan fingerprint density at radius 2 is 1.95 bits per heavy atom. The van der Waals surface area contributed by atoms with Crippen LogP contribution in [0.4, 0.5) is 0 Å². The summed E-state index contributed by atoms with van der Waals surface area (Å²) < 4.78 is 0. The molecule has 0 radical (unpaired) electrons. The van der Waals surface area contributed by atoms with E-state index in [2.05, 4.69) is 0 Å². The van der Waals surface area contributed by atoms with Crippen molar-refractivity contribution in [3.8, 4) is 0 Å². The molecule has 0 bridgehead atoms. The van der Waals surface area contributed by atoms with Gasteiger partial charge in [-0.1, -0.05) is 25.0 Å². The Bertz CT molecular complexity index is 476. The Morgan fingerprint density at radius 3 is 2.58 bits per heavy atom. The lowest BCUT2D eigenvalue weighted by molar-refractivity contribution is 0.0156. The Kier molecular flexibility index (Phi) is 3.95. The van der Waals surface area contributed by atoms with Gasteiger partial charge in [0, 0.05) is 19.2 Å². The van der Waals surface area contributed by atoms with Gasteiger partial charge in [-0.15, -0.1) is 0 Å². The van der Waals surface area contributed by atoms with Gasteiger partial charge in [-0.05, 0) is 43.9 Å². The third-order valence-electron chi connectivity index (χ3n) is 4.25. The minimum Gasteiger partial charge on any atom is -0.388 e. The molecule has 0 unspecified atom stereocenters. The molecule has 1 saturated carbocycles. The highest BCUT2D eigenvalue weighted by atomic mass is 16.3. The van der Waals surface area contributed by atoms with E-state index in [1.807, 2.05) is 32.0 Å². The first-order valence-electron chi connectivity index (χ1n) is 6.97. The van der Waals surface area contributed by atoms with E-state index in [9.17, 15) is 9.90 Å². The van der Waals surface area contributed by atoms with Crippen molar-refractivity contribution < 1.29 is 9.90 Å². The second kappa shape index (κ2) is 5.33. The van der Waals surface area contributed by atoms with Crippen LogP contribution < -0.4 is 0 Å². The quantitative estimate of drug-likeness (QED) is 0.908. The van der Waals surface area contributed by atoms with E-state index in [4.69, 9.17) is 0 Å². The smallest absolute Gasteiger partial charge is 0.253 e. The van der Waals surface area contributed by atoms with E-state index in [1.54, 1.807) is 11.9 Å². The fourth-order valence-electron chi connectivity index (χ4n) is 2.89. The van der Waals surface area contributed by atoms with Crippen LogP contribution in [0.2, 0.25) is 0 Å². The van der Waals surface area contributed by atoms with Crippen LogP contribution in [0, 0.1) is 13.8 Å². The van der Waals surface area contributed by atoms with E-state index in [1.165, 1.54) is 0 Å². The molecule has 0 aromatic heterocycles. The Hall–Kier alpha value is -1.35. The van der Waals surface area contributed by atoms with Crippen LogP contribution in [0.1, 0.15) is 47.2 Å². The van der Waals surface area contributed by atoms with Crippen LogP contribution in [-0.2, 0) is 0 Å². The summed E-state index contributed by atoms with van der Waals surface area (Å²) in [6, 6.07) is 5.78. The second-order valence-electron chi connectivity index (χ2n) is 5.84. The molecule has 1 N–H and O–H groups in total. The average Bonchev–Trinajstić information content (AvgIpc) is 2.78. The molecule has 0 saturated heterocycles.